The topological polar surface area (TPSA) is 41.9 Å². The number of aryl methyl sites for hydroxylation is 2. The molecule has 280 valence electrons. The van der Waals surface area contributed by atoms with Gasteiger partial charge in [0.2, 0.25) is 0 Å². The van der Waals surface area contributed by atoms with E-state index in [0.717, 1.165) is 39.9 Å². The van der Waals surface area contributed by atoms with E-state index in [1.807, 2.05) is 36.4 Å². The van der Waals surface area contributed by atoms with Crippen LogP contribution in [-0.4, -0.2) is 15.0 Å². The van der Waals surface area contributed by atoms with Gasteiger partial charge in [-0.15, -0.1) is 0 Å². The Morgan fingerprint density at radius 3 is 1.47 bits per heavy atom. The largest absolute Gasteiger partial charge is 0.309 e. The van der Waals surface area contributed by atoms with Crippen LogP contribution in [0.15, 0.2) is 194 Å². The highest BCUT2D eigenvalue weighted by Crippen LogP contribution is 2.60. The molecule has 0 radical (unpaired) electrons. The standard InChI is InChI=1S/C55H40N4/c1-36-33-41(54-57-52(38-19-6-3-7-20-38)56-53(58-54)39-21-8-4-9-22-39)34-37(2)51(36)59-49-31-16-14-28-47(49)55(42-24-10-5-11-25-42,48-29-15-17-32-50(48)59)46-30-18-27-44-43-26-13-12-23-40(43)35-45(44)46/h3-34H,35H2,1-2H3. The van der Waals surface area contributed by atoms with Crippen molar-refractivity contribution in [1.82, 2.24) is 15.0 Å². The number of hydrogen-bond donors (Lipinski definition) is 0. The number of aromatic nitrogens is 3. The van der Waals surface area contributed by atoms with Gasteiger partial charge in [-0.3, -0.25) is 0 Å². The third-order valence-electron chi connectivity index (χ3n) is 12.2. The van der Waals surface area contributed by atoms with Crippen molar-refractivity contribution in [2.24, 2.45) is 0 Å². The van der Waals surface area contributed by atoms with E-state index < -0.39 is 5.41 Å². The molecule has 11 rings (SSSR count). The van der Waals surface area contributed by atoms with Gasteiger partial charge in [-0.25, -0.2) is 15.0 Å². The summed E-state index contributed by atoms with van der Waals surface area (Å²) in [5, 5.41) is 0. The first-order chi connectivity index (χ1) is 29.1. The Balaban J connectivity index is 1.12. The van der Waals surface area contributed by atoms with Gasteiger partial charge in [0, 0.05) is 16.7 Å². The number of anilines is 3. The Hall–Kier alpha value is -7.43. The van der Waals surface area contributed by atoms with E-state index in [0.29, 0.717) is 17.5 Å². The third-order valence-corrected chi connectivity index (χ3v) is 12.2. The molecule has 1 aromatic heterocycles. The highest BCUT2D eigenvalue weighted by Gasteiger charge is 2.48. The van der Waals surface area contributed by atoms with Crippen molar-refractivity contribution in [1.29, 1.82) is 0 Å². The maximum absolute atomic E-state index is 5.09. The highest BCUT2D eigenvalue weighted by atomic mass is 15.2. The second kappa shape index (κ2) is 13.9. The van der Waals surface area contributed by atoms with Gasteiger partial charge < -0.3 is 4.90 Å². The second-order valence-electron chi connectivity index (χ2n) is 15.6. The molecular formula is C55H40N4. The molecule has 59 heavy (non-hydrogen) atoms. The maximum atomic E-state index is 5.09. The number of nitrogens with zero attached hydrogens (tertiary/aromatic N) is 4. The smallest absolute Gasteiger partial charge is 0.164 e. The zero-order valence-corrected chi connectivity index (χ0v) is 33.0. The molecule has 0 saturated carbocycles. The van der Waals surface area contributed by atoms with Crippen molar-refractivity contribution in [2.45, 2.75) is 25.7 Å². The number of hydrogen-bond acceptors (Lipinski definition) is 4. The molecule has 9 aromatic rings. The number of fused-ring (bicyclic) bond motifs is 5. The Kier molecular flexibility index (Phi) is 8.19. The van der Waals surface area contributed by atoms with E-state index >= 15 is 0 Å². The normalized spacial score (nSPS) is 13.3. The summed E-state index contributed by atoms with van der Waals surface area (Å²) < 4.78 is 0. The Morgan fingerprint density at radius 2 is 0.881 bits per heavy atom. The lowest BCUT2D eigenvalue weighted by molar-refractivity contribution is 0.723. The summed E-state index contributed by atoms with van der Waals surface area (Å²) >= 11 is 0. The molecule has 0 unspecified atom stereocenters. The van der Waals surface area contributed by atoms with E-state index in [9.17, 15) is 0 Å². The second-order valence-corrected chi connectivity index (χ2v) is 15.6. The summed E-state index contributed by atoms with van der Waals surface area (Å²) in [5.41, 5.74) is 18.6. The number of para-hydroxylation sites is 2. The highest BCUT2D eigenvalue weighted by molar-refractivity contribution is 5.93. The summed E-state index contributed by atoms with van der Waals surface area (Å²) in [6.07, 6.45) is 0.902. The Bertz CT molecular complexity index is 2920. The molecule has 0 spiro atoms. The van der Waals surface area contributed by atoms with Crippen LogP contribution in [0.4, 0.5) is 17.1 Å². The molecule has 8 aromatic carbocycles. The lowest BCUT2D eigenvalue weighted by atomic mass is 9.61. The first-order valence-corrected chi connectivity index (χ1v) is 20.3. The predicted octanol–water partition coefficient (Wildman–Crippen LogP) is 13.2. The average Bonchev–Trinajstić information content (AvgIpc) is 3.69. The van der Waals surface area contributed by atoms with Crippen molar-refractivity contribution in [3.05, 3.63) is 239 Å². The van der Waals surface area contributed by atoms with Crippen LogP contribution in [0.25, 0.3) is 45.3 Å². The first-order valence-electron chi connectivity index (χ1n) is 20.3. The summed E-state index contributed by atoms with van der Waals surface area (Å²) in [6, 6.07) is 69.9. The van der Waals surface area contributed by atoms with Crippen molar-refractivity contribution in [3.8, 4) is 45.3 Å². The Labute approximate surface area is 345 Å². The molecule has 1 aliphatic carbocycles. The average molecular weight is 757 g/mol. The molecule has 0 saturated heterocycles. The minimum Gasteiger partial charge on any atom is -0.309 e. The molecule has 4 heteroatoms. The molecule has 0 N–H and O–H groups in total. The van der Waals surface area contributed by atoms with Crippen LogP contribution < -0.4 is 4.90 Å². The van der Waals surface area contributed by atoms with Gasteiger partial charge in [0.15, 0.2) is 17.5 Å². The molecular weight excluding hydrogens is 717 g/mol. The fraction of sp³-hybridized carbons (Fsp3) is 0.0727. The summed E-state index contributed by atoms with van der Waals surface area (Å²) in [7, 11) is 0. The fourth-order valence-electron chi connectivity index (χ4n) is 9.82. The fourth-order valence-corrected chi connectivity index (χ4v) is 9.82. The lowest BCUT2D eigenvalue weighted by Crippen LogP contribution is -2.38. The Morgan fingerprint density at radius 1 is 0.424 bits per heavy atom. The molecule has 2 heterocycles. The molecule has 4 nitrogen and oxygen atoms in total. The SMILES string of the molecule is Cc1cc(-c2nc(-c3ccccc3)nc(-c3ccccc3)n2)cc(C)c1N1c2ccccc2C(c2ccccc2)(c2cccc3c2Cc2ccccc2-3)c2ccccc21. The predicted molar refractivity (Wildman–Crippen MR) is 240 cm³/mol. The van der Waals surface area contributed by atoms with E-state index in [-0.39, 0.29) is 0 Å². The summed E-state index contributed by atoms with van der Waals surface area (Å²) in [6.45, 7) is 4.43. The zero-order valence-electron chi connectivity index (χ0n) is 33.0. The molecule has 0 fully saturated rings. The van der Waals surface area contributed by atoms with Gasteiger partial charge in [0.05, 0.1) is 22.5 Å². The van der Waals surface area contributed by atoms with Crippen LogP contribution in [0.5, 0.6) is 0 Å². The van der Waals surface area contributed by atoms with Gasteiger partial charge in [0.25, 0.3) is 0 Å². The van der Waals surface area contributed by atoms with E-state index in [1.54, 1.807) is 0 Å². The van der Waals surface area contributed by atoms with Crippen LogP contribution in [0.3, 0.4) is 0 Å². The molecule has 0 bridgehead atoms. The maximum Gasteiger partial charge on any atom is 0.164 e. The molecule has 0 amide bonds. The number of benzene rings is 8. The third kappa shape index (κ3) is 5.48. The van der Waals surface area contributed by atoms with Crippen LogP contribution >= 0.6 is 0 Å². The van der Waals surface area contributed by atoms with Gasteiger partial charge in [-0.2, -0.15) is 0 Å². The van der Waals surface area contributed by atoms with Gasteiger partial charge in [0.1, 0.15) is 0 Å². The van der Waals surface area contributed by atoms with Crippen molar-refractivity contribution < 1.29 is 0 Å². The van der Waals surface area contributed by atoms with Crippen LogP contribution in [0, 0.1) is 13.8 Å². The first kappa shape index (κ1) is 34.8. The van der Waals surface area contributed by atoms with E-state index in [2.05, 4.69) is 176 Å². The molecule has 1 aliphatic heterocycles. The zero-order chi connectivity index (χ0) is 39.5. The van der Waals surface area contributed by atoms with Gasteiger partial charge in [-0.1, -0.05) is 170 Å². The molecule has 2 aliphatic rings. The summed E-state index contributed by atoms with van der Waals surface area (Å²) in [4.78, 5) is 17.6. The molecule has 0 atom stereocenters. The summed E-state index contributed by atoms with van der Waals surface area (Å²) in [5.74, 6) is 1.96. The van der Waals surface area contributed by atoms with Gasteiger partial charge in [-0.05, 0) is 100 Å². The monoisotopic (exact) mass is 756 g/mol. The van der Waals surface area contributed by atoms with Crippen molar-refractivity contribution in [3.63, 3.8) is 0 Å². The van der Waals surface area contributed by atoms with Crippen LogP contribution in [0.1, 0.15) is 44.5 Å². The van der Waals surface area contributed by atoms with Crippen LogP contribution in [0.2, 0.25) is 0 Å². The van der Waals surface area contributed by atoms with Crippen LogP contribution in [-0.2, 0) is 11.8 Å². The minimum atomic E-state index is -0.577. The number of rotatable bonds is 6. The van der Waals surface area contributed by atoms with Crippen molar-refractivity contribution in [2.75, 3.05) is 4.90 Å². The minimum absolute atomic E-state index is 0.577. The van der Waals surface area contributed by atoms with Crippen molar-refractivity contribution >= 4 is 17.1 Å². The quantitative estimate of drug-likeness (QED) is 0.169. The van der Waals surface area contributed by atoms with E-state index in [1.165, 1.54) is 55.9 Å². The lowest BCUT2D eigenvalue weighted by Gasteiger charge is -2.47. The van der Waals surface area contributed by atoms with Gasteiger partial charge >= 0.3 is 0 Å². The van der Waals surface area contributed by atoms with E-state index in [4.69, 9.17) is 15.0 Å².